The molecule has 19 heavy (non-hydrogen) atoms. The molecule has 0 unspecified atom stereocenters. The molecule has 7 nitrogen and oxygen atoms in total. The SMILES string of the molecule is CS(=O)(=O)N(c1cc(N)cc(CC#N)c1)S(C)(=O)=O. The third-order valence-corrected chi connectivity index (χ3v) is 5.35. The lowest BCUT2D eigenvalue weighted by atomic mass is 10.1. The zero-order valence-electron chi connectivity index (χ0n) is 10.4. The van der Waals surface area contributed by atoms with Crippen LogP contribution < -0.4 is 9.44 Å². The first kappa shape index (κ1) is 15.3. The van der Waals surface area contributed by atoms with Crippen molar-refractivity contribution < 1.29 is 16.8 Å². The second-order valence-electron chi connectivity index (χ2n) is 3.99. The number of sulfonamides is 2. The van der Waals surface area contributed by atoms with Crippen LogP contribution in [0.1, 0.15) is 5.56 Å². The Bertz CT molecular complexity index is 701. The van der Waals surface area contributed by atoms with Crippen LogP contribution >= 0.6 is 0 Å². The Hall–Kier alpha value is -1.79. The number of nitrogens with zero attached hydrogens (tertiary/aromatic N) is 2. The van der Waals surface area contributed by atoms with Crippen molar-refractivity contribution in [1.82, 2.24) is 0 Å². The number of benzene rings is 1. The van der Waals surface area contributed by atoms with E-state index in [1.165, 1.54) is 18.2 Å². The van der Waals surface area contributed by atoms with E-state index in [4.69, 9.17) is 11.0 Å². The van der Waals surface area contributed by atoms with E-state index in [0.29, 0.717) is 5.56 Å². The molecule has 1 aromatic carbocycles. The van der Waals surface area contributed by atoms with E-state index < -0.39 is 20.0 Å². The molecule has 1 aromatic rings. The molecule has 0 amide bonds. The predicted molar refractivity (Wildman–Crippen MR) is 72.3 cm³/mol. The van der Waals surface area contributed by atoms with Crippen molar-refractivity contribution in [2.24, 2.45) is 0 Å². The number of anilines is 2. The van der Waals surface area contributed by atoms with E-state index in [9.17, 15) is 16.8 Å². The molecule has 0 saturated carbocycles. The molecule has 0 aliphatic heterocycles. The van der Waals surface area contributed by atoms with Crippen LogP contribution in [0.15, 0.2) is 18.2 Å². The molecule has 0 saturated heterocycles. The second-order valence-corrected chi connectivity index (χ2v) is 7.88. The fourth-order valence-corrected chi connectivity index (χ4v) is 4.57. The van der Waals surface area contributed by atoms with Gasteiger partial charge in [0.15, 0.2) is 0 Å². The molecular weight excluding hydrogens is 290 g/mol. The van der Waals surface area contributed by atoms with Crippen LogP contribution in [-0.2, 0) is 26.5 Å². The minimum atomic E-state index is -4.02. The summed E-state index contributed by atoms with van der Waals surface area (Å²) in [6.07, 6.45) is 1.56. The molecule has 0 heterocycles. The van der Waals surface area contributed by atoms with Gasteiger partial charge in [0.05, 0.1) is 30.7 Å². The standard InChI is InChI=1S/C10H13N3O4S2/c1-18(14,15)13(19(2,16)17)10-6-8(3-4-11)5-9(12)7-10/h5-7H,3,12H2,1-2H3. The number of nitrogens with two attached hydrogens (primary N) is 1. The van der Waals surface area contributed by atoms with Crippen molar-refractivity contribution in [3.05, 3.63) is 23.8 Å². The van der Waals surface area contributed by atoms with Crippen molar-refractivity contribution in [3.8, 4) is 6.07 Å². The number of hydrogen-bond donors (Lipinski definition) is 1. The Morgan fingerprint density at radius 3 is 2.11 bits per heavy atom. The van der Waals surface area contributed by atoms with Gasteiger partial charge in [-0.2, -0.15) is 8.97 Å². The highest BCUT2D eigenvalue weighted by Gasteiger charge is 2.27. The lowest BCUT2D eigenvalue weighted by Gasteiger charge is -2.20. The summed E-state index contributed by atoms with van der Waals surface area (Å²) in [4.78, 5) is 0. The highest BCUT2D eigenvalue weighted by molar-refractivity contribution is 8.09. The molecule has 0 aliphatic carbocycles. The number of nitrogen functional groups attached to an aromatic ring is 1. The van der Waals surface area contributed by atoms with Gasteiger partial charge in [0.25, 0.3) is 0 Å². The Morgan fingerprint density at radius 1 is 1.16 bits per heavy atom. The van der Waals surface area contributed by atoms with E-state index in [-0.39, 0.29) is 21.5 Å². The maximum absolute atomic E-state index is 11.6. The summed E-state index contributed by atoms with van der Waals surface area (Å²) in [7, 11) is -8.03. The van der Waals surface area contributed by atoms with Crippen molar-refractivity contribution in [3.63, 3.8) is 0 Å². The summed E-state index contributed by atoms with van der Waals surface area (Å²) >= 11 is 0. The first-order valence-corrected chi connectivity index (χ1v) is 8.72. The minimum Gasteiger partial charge on any atom is -0.399 e. The first-order valence-electron chi connectivity index (χ1n) is 5.02. The molecule has 0 fully saturated rings. The highest BCUT2D eigenvalue weighted by atomic mass is 32.3. The first-order chi connectivity index (χ1) is 8.55. The Balaban J connectivity index is 3.54. The van der Waals surface area contributed by atoms with E-state index in [0.717, 1.165) is 12.5 Å². The van der Waals surface area contributed by atoms with E-state index in [2.05, 4.69) is 0 Å². The molecular formula is C10H13N3O4S2. The van der Waals surface area contributed by atoms with Gasteiger partial charge in [0.1, 0.15) is 0 Å². The summed E-state index contributed by atoms with van der Waals surface area (Å²) in [5.74, 6) is 0. The number of nitriles is 1. The predicted octanol–water partition coefficient (Wildman–Crippen LogP) is 0.0605. The van der Waals surface area contributed by atoms with E-state index in [1.54, 1.807) is 0 Å². The molecule has 0 radical (unpaired) electrons. The van der Waals surface area contributed by atoms with Crippen LogP contribution in [0.5, 0.6) is 0 Å². The maximum Gasteiger partial charge on any atom is 0.245 e. The molecule has 0 atom stereocenters. The largest absolute Gasteiger partial charge is 0.399 e. The van der Waals surface area contributed by atoms with Crippen LogP contribution in [0.25, 0.3) is 0 Å². The lowest BCUT2D eigenvalue weighted by Crippen LogP contribution is -2.35. The lowest BCUT2D eigenvalue weighted by molar-refractivity contribution is 0.591. The minimum absolute atomic E-state index is 0.000591. The number of hydrogen-bond acceptors (Lipinski definition) is 6. The van der Waals surface area contributed by atoms with Gasteiger partial charge in [0, 0.05) is 5.69 Å². The third kappa shape index (κ3) is 3.84. The molecule has 1 rings (SSSR count). The van der Waals surface area contributed by atoms with Crippen LogP contribution in [0.4, 0.5) is 11.4 Å². The van der Waals surface area contributed by atoms with Gasteiger partial charge in [-0.25, -0.2) is 16.8 Å². The fourth-order valence-electron chi connectivity index (χ4n) is 1.63. The Kier molecular flexibility index (Phi) is 4.07. The van der Waals surface area contributed by atoms with Gasteiger partial charge in [-0.15, -0.1) is 0 Å². The van der Waals surface area contributed by atoms with Crippen LogP contribution in [0, 0.1) is 11.3 Å². The van der Waals surface area contributed by atoms with Crippen LogP contribution in [0.2, 0.25) is 0 Å². The number of rotatable bonds is 4. The average molecular weight is 303 g/mol. The fraction of sp³-hybridized carbons (Fsp3) is 0.300. The van der Waals surface area contributed by atoms with Crippen molar-refractivity contribution in [1.29, 1.82) is 5.26 Å². The molecule has 0 spiro atoms. The zero-order valence-corrected chi connectivity index (χ0v) is 12.0. The summed E-state index contributed by atoms with van der Waals surface area (Å²) in [5.41, 5.74) is 6.11. The Labute approximate surface area is 112 Å². The zero-order chi connectivity index (χ0) is 14.8. The molecule has 0 bridgehead atoms. The summed E-state index contributed by atoms with van der Waals surface area (Å²) in [6.45, 7) is 0. The van der Waals surface area contributed by atoms with Gasteiger partial charge in [0.2, 0.25) is 20.0 Å². The average Bonchev–Trinajstić information content (AvgIpc) is 2.11. The Morgan fingerprint density at radius 2 is 1.68 bits per heavy atom. The second kappa shape index (κ2) is 5.07. The monoisotopic (exact) mass is 303 g/mol. The molecule has 2 N–H and O–H groups in total. The van der Waals surface area contributed by atoms with Gasteiger partial charge in [-0.05, 0) is 23.8 Å². The molecule has 9 heteroatoms. The summed E-state index contributed by atoms with van der Waals surface area (Å²) < 4.78 is 46.7. The van der Waals surface area contributed by atoms with Crippen molar-refractivity contribution in [2.45, 2.75) is 6.42 Å². The molecule has 104 valence electrons. The quantitative estimate of drug-likeness (QED) is 0.785. The third-order valence-electron chi connectivity index (χ3n) is 2.10. The van der Waals surface area contributed by atoms with Crippen LogP contribution in [-0.4, -0.2) is 29.3 Å². The van der Waals surface area contributed by atoms with E-state index in [1.807, 2.05) is 6.07 Å². The normalized spacial score (nSPS) is 11.8. The molecule has 0 aliphatic rings. The van der Waals surface area contributed by atoms with Crippen LogP contribution in [0.3, 0.4) is 0 Å². The van der Waals surface area contributed by atoms with E-state index >= 15 is 0 Å². The van der Waals surface area contributed by atoms with Gasteiger partial charge in [-0.3, -0.25) is 0 Å². The molecule has 0 aromatic heterocycles. The van der Waals surface area contributed by atoms with Gasteiger partial charge >= 0.3 is 0 Å². The topological polar surface area (TPSA) is 121 Å². The van der Waals surface area contributed by atoms with Gasteiger partial charge in [-0.1, -0.05) is 0 Å². The van der Waals surface area contributed by atoms with Crippen molar-refractivity contribution >= 4 is 31.4 Å². The summed E-state index contributed by atoms with van der Waals surface area (Å²) in [6, 6.07) is 5.90. The van der Waals surface area contributed by atoms with Crippen molar-refractivity contribution in [2.75, 3.05) is 22.0 Å². The highest BCUT2D eigenvalue weighted by Crippen LogP contribution is 2.25. The summed E-state index contributed by atoms with van der Waals surface area (Å²) in [5, 5.41) is 8.62. The van der Waals surface area contributed by atoms with Gasteiger partial charge < -0.3 is 5.73 Å². The maximum atomic E-state index is 11.6. The smallest absolute Gasteiger partial charge is 0.245 e.